The van der Waals surface area contributed by atoms with Crippen LogP contribution >= 0.6 is 11.8 Å². The fourth-order valence-electron chi connectivity index (χ4n) is 5.37. The van der Waals surface area contributed by atoms with Crippen LogP contribution in [0.15, 0.2) is 18.3 Å². The molecule has 8 heteroatoms. The van der Waals surface area contributed by atoms with Gasteiger partial charge in [0, 0.05) is 17.6 Å². The number of carbonyl (C=O) groups is 2. The highest BCUT2D eigenvalue weighted by atomic mass is 32.2. The Labute approximate surface area is 180 Å². The van der Waals surface area contributed by atoms with Crippen molar-refractivity contribution in [1.29, 1.82) is 0 Å². The minimum Gasteiger partial charge on any atom is -0.469 e. The number of aromatic nitrogens is 1. The van der Waals surface area contributed by atoms with E-state index in [0.29, 0.717) is 25.2 Å². The number of hydrogen-bond donors (Lipinski definition) is 0. The molecule has 1 aromatic rings. The van der Waals surface area contributed by atoms with Crippen LogP contribution in [0.25, 0.3) is 0 Å². The van der Waals surface area contributed by atoms with Crippen LogP contribution in [0.5, 0.6) is 0 Å². The molecule has 1 aliphatic heterocycles. The SMILES string of the molecule is COC(=O)CCS[C@H]1C2C(=O)O[C@@H]3CCC(C[C@]1(C)F)[C@]23OCc1ccc(C)nc1. The van der Waals surface area contributed by atoms with Gasteiger partial charge in [0.2, 0.25) is 0 Å². The molecule has 4 rings (SSSR count). The Bertz CT molecular complexity index is 816. The first-order valence-electron chi connectivity index (χ1n) is 10.4. The van der Waals surface area contributed by atoms with Gasteiger partial charge < -0.3 is 14.2 Å². The molecule has 0 N–H and O–H groups in total. The van der Waals surface area contributed by atoms with E-state index in [1.54, 1.807) is 13.1 Å². The van der Waals surface area contributed by atoms with Gasteiger partial charge in [0.1, 0.15) is 23.3 Å². The number of alkyl halides is 1. The number of carbonyl (C=O) groups excluding carboxylic acids is 2. The van der Waals surface area contributed by atoms with Gasteiger partial charge in [0.15, 0.2) is 0 Å². The van der Waals surface area contributed by atoms with Gasteiger partial charge in [-0.3, -0.25) is 14.6 Å². The number of nitrogens with zero attached hydrogens (tertiary/aromatic N) is 1. The molecule has 2 unspecified atom stereocenters. The molecule has 6 nitrogen and oxygen atoms in total. The zero-order valence-corrected chi connectivity index (χ0v) is 18.4. The molecule has 0 amide bonds. The number of halogens is 1. The fraction of sp³-hybridized carbons (Fsp3) is 0.682. The first-order chi connectivity index (χ1) is 14.3. The number of hydrogen-bond acceptors (Lipinski definition) is 7. The van der Waals surface area contributed by atoms with Gasteiger partial charge in [-0.1, -0.05) is 6.07 Å². The third-order valence-electron chi connectivity index (χ3n) is 6.75. The molecule has 0 bridgehead atoms. The van der Waals surface area contributed by atoms with E-state index in [9.17, 15) is 9.59 Å². The fourth-order valence-corrected chi connectivity index (χ4v) is 6.87. The molecule has 3 fully saturated rings. The van der Waals surface area contributed by atoms with Crippen LogP contribution in [-0.2, 0) is 30.4 Å². The molecule has 1 saturated heterocycles. The van der Waals surface area contributed by atoms with Crippen molar-refractivity contribution < 1.29 is 28.2 Å². The van der Waals surface area contributed by atoms with Crippen molar-refractivity contribution in [1.82, 2.24) is 4.98 Å². The molecule has 30 heavy (non-hydrogen) atoms. The van der Waals surface area contributed by atoms with Gasteiger partial charge in [-0.05, 0) is 50.7 Å². The molecule has 1 aromatic heterocycles. The van der Waals surface area contributed by atoms with Crippen LogP contribution in [-0.4, -0.2) is 52.4 Å². The highest BCUT2D eigenvalue weighted by Crippen LogP contribution is 2.61. The van der Waals surface area contributed by atoms with Crippen molar-refractivity contribution in [3.8, 4) is 0 Å². The Hall–Kier alpha value is -1.67. The van der Waals surface area contributed by atoms with Gasteiger partial charge in [-0.2, -0.15) is 11.8 Å². The molecule has 0 spiro atoms. The Balaban J connectivity index is 1.59. The van der Waals surface area contributed by atoms with Gasteiger partial charge >= 0.3 is 11.9 Å². The number of thioether (sulfide) groups is 1. The average Bonchev–Trinajstić information content (AvgIpc) is 3.18. The maximum absolute atomic E-state index is 15.8. The first-order valence-corrected chi connectivity index (χ1v) is 11.5. The summed E-state index contributed by atoms with van der Waals surface area (Å²) in [5.41, 5.74) is -0.540. The number of methoxy groups -OCH3 is 1. The van der Waals surface area contributed by atoms with E-state index in [-0.39, 0.29) is 30.4 Å². The Morgan fingerprint density at radius 3 is 2.90 bits per heavy atom. The molecular weight excluding hydrogens is 409 g/mol. The second kappa shape index (κ2) is 8.11. The van der Waals surface area contributed by atoms with E-state index in [2.05, 4.69) is 4.98 Å². The average molecular weight is 438 g/mol. The van der Waals surface area contributed by atoms with Gasteiger partial charge in [-0.25, -0.2) is 4.39 Å². The molecule has 0 radical (unpaired) electrons. The summed E-state index contributed by atoms with van der Waals surface area (Å²) in [6, 6.07) is 3.88. The number of ether oxygens (including phenoxy) is 3. The van der Waals surface area contributed by atoms with Crippen molar-refractivity contribution in [2.45, 2.75) is 68.8 Å². The highest BCUT2D eigenvalue weighted by Gasteiger charge is 2.73. The van der Waals surface area contributed by atoms with E-state index in [0.717, 1.165) is 17.7 Å². The quantitative estimate of drug-likeness (QED) is 0.605. The molecule has 2 heterocycles. The zero-order valence-electron chi connectivity index (χ0n) is 17.6. The van der Waals surface area contributed by atoms with Gasteiger partial charge in [0.05, 0.1) is 25.4 Å². The molecule has 0 aromatic carbocycles. The summed E-state index contributed by atoms with van der Waals surface area (Å²) in [6.45, 7) is 3.79. The molecule has 2 aliphatic carbocycles. The van der Waals surface area contributed by atoms with Crippen molar-refractivity contribution in [3.05, 3.63) is 29.6 Å². The summed E-state index contributed by atoms with van der Waals surface area (Å²) < 4.78 is 32.7. The number of rotatable bonds is 7. The lowest BCUT2D eigenvalue weighted by Crippen LogP contribution is -2.61. The van der Waals surface area contributed by atoms with E-state index in [1.165, 1.54) is 18.9 Å². The number of aryl methyl sites for hydroxylation is 1. The van der Waals surface area contributed by atoms with Gasteiger partial charge in [-0.15, -0.1) is 0 Å². The lowest BCUT2D eigenvalue weighted by molar-refractivity contribution is -0.161. The summed E-state index contributed by atoms with van der Waals surface area (Å²) in [5.74, 6) is -1.12. The molecule has 3 aliphatic rings. The Morgan fingerprint density at radius 2 is 2.20 bits per heavy atom. The van der Waals surface area contributed by atoms with E-state index in [4.69, 9.17) is 14.2 Å². The van der Waals surface area contributed by atoms with Crippen LogP contribution in [0.3, 0.4) is 0 Å². The summed E-state index contributed by atoms with van der Waals surface area (Å²) >= 11 is 1.31. The van der Waals surface area contributed by atoms with Crippen LogP contribution in [0.2, 0.25) is 0 Å². The predicted molar refractivity (Wildman–Crippen MR) is 110 cm³/mol. The highest BCUT2D eigenvalue weighted by molar-refractivity contribution is 8.00. The minimum absolute atomic E-state index is 0.0789. The third-order valence-corrected chi connectivity index (χ3v) is 8.31. The summed E-state index contributed by atoms with van der Waals surface area (Å²) in [4.78, 5) is 28.8. The molecule has 2 saturated carbocycles. The van der Waals surface area contributed by atoms with Crippen LogP contribution in [0.1, 0.15) is 43.9 Å². The minimum atomic E-state index is -1.55. The summed E-state index contributed by atoms with van der Waals surface area (Å²) in [7, 11) is 1.33. The standard InChI is InChI=1S/C22H28FNO5S/c1-13-4-5-14(11-24-13)12-28-22-15-6-7-16(22)29-20(26)18(22)19(21(2,23)10-15)30-9-8-17(25)27-3/h4-5,11,15-16,18-19H,6-10,12H2,1-3H3/t15?,16-,18?,19+,21+,22-/m1/s1. The van der Waals surface area contributed by atoms with Crippen molar-refractivity contribution >= 4 is 23.7 Å². The third kappa shape index (κ3) is 3.62. The first kappa shape index (κ1) is 21.6. The lowest BCUT2D eigenvalue weighted by atomic mass is 9.65. The smallest absolute Gasteiger partial charge is 0.313 e. The van der Waals surface area contributed by atoms with E-state index in [1.807, 2.05) is 19.1 Å². The lowest BCUT2D eigenvalue weighted by Gasteiger charge is -2.50. The second-order valence-electron chi connectivity index (χ2n) is 8.73. The summed E-state index contributed by atoms with van der Waals surface area (Å²) in [6.07, 6.45) is 3.38. The zero-order chi connectivity index (χ0) is 21.5. The maximum atomic E-state index is 15.8. The Morgan fingerprint density at radius 1 is 1.40 bits per heavy atom. The van der Waals surface area contributed by atoms with Crippen molar-refractivity contribution in [2.75, 3.05) is 12.9 Å². The predicted octanol–water partition coefficient (Wildman–Crippen LogP) is 3.39. The van der Waals surface area contributed by atoms with Crippen LogP contribution < -0.4 is 0 Å². The monoisotopic (exact) mass is 437 g/mol. The number of esters is 2. The molecule has 164 valence electrons. The summed E-state index contributed by atoms with van der Waals surface area (Å²) in [5, 5.41) is -0.634. The maximum Gasteiger partial charge on any atom is 0.313 e. The van der Waals surface area contributed by atoms with E-state index < -0.39 is 22.4 Å². The normalized spacial score (nSPS) is 37.0. The number of pyridine rings is 1. The largest absolute Gasteiger partial charge is 0.469 e. The van der Waals surface area contributed by atoms with E-state index >= 15 is 4.39 Å². The van der Waals surface area contributed by atoms with Crippen molar-refractivity contribution in [2.24, 2.45) is 11.8 Å². The Kier molecular flexibility index (Phi) is 5.83. The van der Waals surface area contributed by atoms with Gasteiger partial charge in [0.25, 0.3) is 0 Å². The van der Waals surface area contributed by atoms with Crippen molar-refractivity contribution in [3.63, 3.8) is 0 Å². The molecule has 6 atom stereocenters. The topological polar surface area (TPSA) is 74.7 Å². The van der Waals surface area contributed by atoms with Crippen LogP contribution in [0, 0.1) is 18.8 Å². The van der Waals surface area contributed by atoms with Crippen LogP contribution in [0.4, 0.5) is 4.39 Å². The molecular formula is C22H28FNO5S. The second-order valence-corrected chi connectivity index (χ2v) is 9.98.